The number of aromatic nitrogens is 2. The van der Waals surface area contributed by atoms with Gasteiger partial charge in [-0.25, -0.2) is 9.78 Å². The van der Waals surface area contributed by atoms with Crippen LogP contribution in [0.4, 0.5) is 5.82 Å². The Hall–Kier alpha value is -3.55. The van der Waals surface area contributed by atoms with E-state index in [0.717, 1.165) is 17.1 Å². The minimum atomic E-state index is -0.545. The number of carbonyl (C=O) groups is 1. The second kappa shape index (κ2) is 8.22. The van der Waals surface area contributed by atoms with Gasteiger partial charge in [-0.15, -0.1) is 0 Å². The van der Waals surface area contributed by atoms with Gasteiger partial charge in [0.25, 0.3) is 0 Å². The van der Waals surface area contributed by atoms with Gasteiger partial charge < -0.3 is 19.0 Å². The Labute approximate surface area is 167 Å². The molecule has 1 saturated heterocycles. The van der Waals surface area contributed by atoms with Crippen LogP contribution in [0.2, 0.25) is 0 Å². The van der Waals surface area contributed by atoms with Gasteiger partial charge >= 0.3 is 5.76 Å². The second-order valence-electron chi connectivity index (χ2n) is 6.77. The minimum absolute atomic E-state index is 0.0396. The van der Waals surface area contributed by atoms with E-state index in [-0.39, 0.29) is 12.5 Å². The van der Waals surface area contributed by atoms with Crippen molar-refractivity contribution >= 4 is 11.7 Å². The van der Waals surface area contributed by atoms with Crippen molar-refractivity contribution in [3.05, 3.63) is 65.4 Å². The molecule has 0 radical (unpaired) electrons. The molecular weight excluding hydrogens is 372 g/mol. The van der Waals surface area contributed by atoms with E-state index in [4.69, 9.17) is 9.15 Å². The minimum Gasteiger partial charge on any atom is -0.497 e. The number of pyridine rings is 1. The number of ether oxygens (including phenoxy) is 1. The summed E-state index contributed by atoms with van der Waals surface area (Å²) in [4.78, 5) is 33.1. The molecule has 1 aliphatic rings. The van der Waals surface area contributed by atoms with E-state index in [0.29, 0.717) is 31.9 Å². The SMILES string of the molecule is COc1ccc(-c2cn(CC(=O)N3CCN(c4ccccn4)CC3)c(=O)o2)cc1. The van der Waals surface area contributed by atoms with E-state index >= 15 is 0 Å². The van der Waals surface area contributed by atoms with Crippen molar-refractivity contribution in [2.24, 2.45) is 0 Å². The van der Waals surface area contributed by atoms with E-state index < -0.39 is 5.76 Å². The summed E-state index contributed by atoms with van der Waals surface area (Å²) in [6.45, 7) is 2.56. The molecule has 1 fully saturated rings. The van der Waals surface area contributed by atoms with Crippen molar-refractivity contribution in [1.82, 2.24) is 14.5 Å². The van der Waals surface area contributed by atoms with Crippen LogP contribution in [-0.4, -0.2) is 53.6 Å². The van der Waals surface area contributed by atoms with Gasteiger partial charge in [-0.1, -0.05) is 6.07 Å². The van der Waals surface area contributed by atoms with Gasteiger partial charge in [0.2, 0.25) is 5.91 Å². The topological polar surface area (TPSA) is 80.8 Å². The van der Waals surface area contributed by atoms with Gasteiger partial charge in [-0.05, 0) is 36.4 Å². The lowest BCUT2D eigenvalue weighted by molar-refractivity contribution is -0.132. The predicted octanol–water partition coefficient (Wildman–Crippen LogP) is 1.86. The molecule has 2 aromatic heterocycles. The summed E-state index contributed by atoms with van der Waals surface area (Å²) in [6.07, 6.45) is 3.34. The Kier molecular flexibility index (Phi) is 5.33. The maximum atomic E-state index is 12.7. The molecular formula is C21H22N4O4. The number of anilines is 1. The number of oxazole rings is 1. The van der Waals surface area contributed by atoms with Gasteiger partial charge in [0.1, 0.15) is 18.1 Å². The summed E-state index contributed by atoms with van der Waals surface area (Å²) in [5.41, 5.74) is 0.748. The molecule has 29 heavy (non-hydrogen) atoms. The van der Waals surface area contributed by atoms with Gasteiger partial charge in [0, 0.05) is 37.9 Å². The third-order valence-electron chi connectivity index (χ3n) is 4.99. The number of piperazine rings is 1. The zero-order chi connectivity index (χ0) is 20.2. The maximum Gasteiger partial charge on any atom is 0.419 e. The zero-order valence-corrected chi connectivity index (χ0v) is 16.2. The van der Waals surface area contributed by atoms with Gasteiger partial charge in [0.15, 0.2) is 5.76 Å². The normalized spacial score (nSPS) is 14.1. The van der Waals surface area contributed by atoms with E-state index in [1.54, 1.807) is 48.7 Å². The van der Waals surface area contributed by atoms with E-state index in [9.17, 15) is 9.59 Å². The molecule has 0 bridgehead atoms. The number of amides is 1. The molecule has 3 heterocycles. The lowest BCUT2D eigenvalue weighted by Crippen LogP contribution is -2.50. The lowest BCUT2D eigenvalue weighted by atomic mass is 10.2. The van der Waals surface area contributed by atoms with Crippen molar-refractivity contribution in [2.75, 3.05) is 38.2 Å². The molecule has 150 valence electrons. The highest BCUT2D eigenvalue weighted by Gasteiger charge is 2.23. The average molecular weight is 394 g/mol. The molecule has 8 heteroatoms. The Balaban J connectivity index is 1.39. The first-order chi connectivity index (χ1) is 14.1. The first-order valence-electron chi connectivity index (χ1n) is 9.42. The summed E-state index contributed by atoms with van der Waals surface area (Å²) >= 11 is 0. The van der Waals surface area contributed by atoms with Crippen LogP contribution in [0.5, 0.6) is 5.75 Å². The molecule has 0 aliphatic carbocycles. The Morgan fingerprint density at radius 3 is 2.52 bits per heavy atom. The molecule has 3 aromatic rings. The summed E-state index contributed by atoms with van der Waals surface area (Å²) in [5, 5.41) is 0. The molecule has 1 amide bonds. The third-order valence-corrected chi connectivity index (χ3v) is 4.99. The summed E-state index contributed by atoms with van der Waals surface area (Å²) in [6, 6.07) is 13.0. The molecule has 0 unspecified atom stereocenters. The standard InChI is InChI=1S/C21H22N4O4/c1-28-17-7-5-16(6-8-17)18-14-25(21(27)29-18)15-20(26)24-12-10-23(11-13-24)19-4-2-3-9-22-19/h2-9,14H,10-13,15H2,1H3. The number of rotatable bonds is 5. The fourth-order valence-electron chi connectivity index (χ4n) is 3.34. The number of methoxy groups -OCH3 is 1. The number of hydrogen-bond acceptors (Lipinski definition) is 6. The predicted molar refractivity (Wildman–Crippen MR) is 108 cm³/mol. The number of carbonyl (C=O) groups excluding carboxylic acids is 1. The number of benzene rings is 1. The number of hydrogen-bond donors (Lipinski definition) is 0. The first-order valence-corrected chi connectivity index (χ1v) is 9.42. The van der Waals surface area contributed by atoms with Crippen LogP contribution in [0.1, 0.15) is 0 Å². The molecule has 0 saturated carbocycles. The van der Waals surface area contributed by atoms with E-state index in [1.165, 1.54) is 4.57 Å². The Morgan fingerprint density at radius 2 is 1.86 bits per heavy atom. The van der Waals surface area contributed by atoms with Crippen LogP contribution >= 0.6 is 0 Å². The van der Waals surface area contributed by atoms with E-state index in [1.807, 2.05) is 18.2 Å². The van der Waals surface area contributed by atoms with E-state index in [2.05, 4.69) is 9.88 Å². The highest BCUT2D eigenvalue weighted by molar-refractivity contribution is 5.76. The second-order valence-corrected chi connectivity index (χ2v) is 6.77. The Morgan fingerprint density at radius 1 is 1.10 bits per heavy atom. The summed E-state index contributed by atoms with van der Waals surface area (Å²) < 4.78 is 11.8. The molecule has 8 nitrogen and oxygen atoms in total. The van der Waals surface area contributed by atoms with Crippen molar-refractivity contribution < 1.29 is 13.9 Å². The molecule has 1 aliphatic heterocycles. The number of nitrogens with zero attached hydrogens (tertiary/aromatic N) is 4. The summed E-state index contributed by atoms with van der Waals surface area (Å²) in [5.74, 6) is 1.40. The van der Waals surface area contributed by atoms with Gasteiger partial charge in [0.05, 0.1) is 13.3 Å². The molecule has 0 spiro atoms. The van der Waals surface area contributed by atoms with Crippen LogP contribution in [0.15, 0.2) is 64.1 Å². The van der Waals surface area contributed by atoms with Crippen LogP contribution in [0.3, 0.4) is 0 Å². The third kappa shape index (κ3) is 4.16. The average Bonchev–Trinajstić information content (AvgIpc) is 3.14. The Bertz CT molecular complexity index is 1020. The quantitative estimate of drug-likeness (QED) is 0.657. The van der Waals surface area contributed by atoms with Crippen LogP contribution in [-0.2, 0) is 11.3 Å². The van der Waals surface area contributed by atoms with Crippen molar-refractivity contribution in [3.8, 4) is 17.1 Å². The van der Waals surface area contributed by atoms with Crippen LogP contribution in [0.25, 0.3) is 11.3 Å². The fraction of sp³-hybridized carbons (Fsp3) is 0.286. The summed E-state index contributed by atoms with van der Waals surface area (Å²) in [7, 11) is 1.59. The largest absolute Gasteiger partial charge is 0.497 e. The van der Waals surface area contributed by atoms with Crippen LogP contribution in [0, 0.1) is 0 Å². The molecule has 4 rings (SSSR count). The van der Waals surface area contributed by atoms with Crippen molar-refractivity contribution in [3.63, 3.8) is 0 Å². The monoisotopic (exact) mass is 394 g/mol. The zero-order valence-electron chi connectivity index (χ0n) is 16.2. The highest BCUT2D eigenvalue weighted by atomic mass is 16.5. The molecule has 0 N–H and O–H groups in total. The van der Waals surface area contributed by atoms with Crippen molar-refractivity contribution in [2.45, 2.75) is 6.54 Å². The highest BCUT2D eigenvalue weighted by Crippen LogP contribution is 2.21. The molecule has 1 aromatic carbocycles. The van der Waals surface area contributed by atoms with Gasteiger partial charge in [-0.2, -0.15) is 0 Å². The maximum absolute atomic E-state index is 12.7. The fourth-order valence-corrected chi connectivity index (χ4v) is 3.34. The smallest absolute Gasteiger partial charge is 0.419 e. The van der Waals surface area contributed by atoms with Crippen LogP contribution < -0.4 is 15.4 Å². The lowest BCUT2D eigenvalue weighted by Gasteiger charge is -2.35. The van der Waals surface area contributed by atoms with Crippen molar-refractivity contribution in [1.29, 1.82) is 0 Å². The van der Waals surface area contributed by atoms with Gasteiger partial charge in [-0.3, -0.25) is 9.36 Å². The first kappa shape index (κ1) is 18.8. The molecule has 0 atom stereocenters.